The number of nitro benzene ring substituents is 1. The van der Waals surface area contributed by atoms with Crippen LogP contribution in [-0.4, -0.2) is 39.1 Å². The third-order valence-electron chi connectivity index (χ3n) is 3.73. The number of nitro groups is 1. The van der Waals surface area contributed by atoms with Crippen LogP contribution in [0.25, 0.3) is 6.08 Å². The van der Waals surface area contributed by atoms with Gasteiger partial charge in [0.15, 0.2) is 5.17 Å². The first-order chi connectivity index (χ1) is 11.0. The Kier molecular flexibility index (Phi) is 4.33. The number of aromatic hydroxyl groups is 1. The summed E-state index contributed by atoms with van der Waals surface area (Å²) in [4.78, 5) is 29.0. The van der Waals surface area contributed by atoms with Crippen LogP contribution >= 0.6 is 11.8 Å². The zero-order chi connectivity index (χ0) is 16.4. The van der Waals surface area contributed by atoms with Crippen LogP contribution in [0.5, 0.6) is 5.75 Å². The molecule has 8 heteroatoms. The van der Waals surface area contributed by atoms with E-state index in [2.05, 4.69) is 9.89 Å². The van der Waals surface area contributed by atoms with Gasteiger partial charge in [-0.3, -0.25) is 14.9 Å². The van der Waals surface area contributed by atoms with Gasteiger partial charge in [0.2, 0.25) is 0 Å². The maximum atomic E-state index is 12.1. The SMILES string of the molecule is O=C1N=C(N2CCCCC2)SC1=Cc1cc(O)ccc1[N+](=O)[O-]. The lowest BCUT2D eigenvalue weighted by Gasteiger charge is -2.27. The predicted octanol–water partition coefficient (Wildman–Crippen LogP) is 2.76. The molecule has 0 spiro atoms. The Morgan fingerprint density at radius 3 is 2.74 bits per heavy atom. The van der Waals surface area contributed by atoms with Gasteiger partial charge in [-0.25, -0.2) is 0 Å². The van der Waals surface area contributed by atoms with E-state index in [4.69, 9.17) is 0 Å². The van der Waals surface area contributed by atoms with E-state index in [9.17, 15) is 20.0 Å². The average molecular weight is 333 g/mol. The highest BCUT2D eigenvalue weighted by molar-refractivity contribution is 8.18. The topological polar surface area (TPSA) is 96.0 Å². The lowest BCUT2D eigenvalue weighted by atomic mass is 10.1. The fraction of sp³-hybridized carbons (Fsp3) is 0.333. The Morgan fingerprint density at radius 2 is 2.04 bits per heavy atom. The van der Waals surface area contributed by atoms with Gasteiger partial charge in [0.25, 0.3) is 11.6 Å². The molecule has 1 N–H and O–H groups in total. The first kappa shape index (κ1) is 15.5. The molecule has 0 radical (unpaired) electrons. The van der Waals surface area contributed by atoms with E-state index >= 15 is 0 Å². The van der Waals surface area contributed by atoms with Gasteiger partial charge in [-0.05, 0) is 49.2 Å². The molecule has 0 atom stereocenters. The van der Waals surface area contributed by atoms with Crippen molar-refractivity contribution in [3.8, 4) is 5.75 Å². The molecule has 23 heavy (non-hydrogen) atoms. The smallest absolute Gasteiger partial charge is 0.286 e. The second kappa shape index (κ2) is 6.41. The third kappa shape index (κ3) is 3.37. The van der Waals surface area contributed by atoms with Crippen molar-refractivity contribution in [1.29, 1.82) is 0 Å². The summed E-state index contributed by atoms with van der Waals surface area (Å²) in [6, 6.07) is 3.75. The normalized spacial score (nSPS) is 20.0. The number of piperidine rings is 1. The van der Waals surface area contributed by atoms with Crippen LogP contribution in [0, 0.1) is 10.1 Å². The van der Waals surface area contributed by atoms with E-state index < -0.39 is 10.8 Å². The highest BCUT2D eigenvalue weighted by Crippen LogP contribution is 2.34. The number of aliphatic imine (C=N–C) groups is 1. The number of amides is 1. The Balaban J connectivity index is 1.86. The van der Waals surface area contributed by atoms with Crippen molar-refractivity contribution in [1.82, 2.24) is 4.90 Å². The summed E-state index contributed by atoms with van der Waals surface area (Å²) >= 11 is 1.23. The highest BCUT2D eigenvalue weighted by Gasteiger charge is 2.27. The quantitative estimate of drug-likeness (QED) is 0.508. The number of hydrogen-bond acceptors (Lipinski definition) is 6. The van der Waals surface area contributed by atoms with Crippen LogP contribution in [0.4, 0.5) is 5.69 Å². The standard InChI is InChI=1S/C15H15N3O4S/c19-11-4-5-12(18(21)22)10(8-11)9-13-14(20)16-15(23-13)17-6-2-1-3-7-17/h4-5,8-9,19H,1-3,6-7H2. The molecule has 1 aromatic rings. The molecule has 1 amide bonds. The van der Waals surface area contributed by atoms with E-state index in [0.717, 1.165) is 25.9 Å². The molecule has 120 valence electrons. The van der Waals surface area contributed by atoms with E-state index in [-0.39, 0.29) is 17.0 Å². The summed E-state index contributed by atoms with van der Waals surface area (Å²) in [5.74, 6) is -0.483. The number of nitrogens with zero attached hydrogens (tertiary/aromatic N) is 3. The summed E-state index contributed by atoms with van der Waals surface area (Å²) in [7, 11) is 0. The fourth-order valence-electron chi connectivity index (χ4n) is 2.58. The lowest BCUT2D eigenvalue weighted by molar-refractivity contribution is -0.385. The molecular weight excluding hydrogens is 318 g/mol. The van der Waals surface area contributed by atoms with Crippen molar-refractivity contribution in [3.05, 3.63) is 38.8 Å². The third-order valence-corrected chi connectivity index (χ3v) is 4.77. The lowest BCUT2D eigenvalue weighted by Crippen LogP contribution is -2.33. The van der Waals surface area contributed by atoms with Crippen molar-refractivity contribution < 1.29 is 14.8 Å². The second-order valence-corrected chi connectivity index (χ2v) is 6.37. The Bertz CT molecular complexity index is 723. The minimum Gasteiger partial charge on any atom is -0.508 e. The molecule has 0 bridgehead atoms. The molecule has 0 aliphatic carbocycles. The molecule has 0 saturated carbocycles. The first-order valence-electron chi connectivity index (χ1n) is 7.29. The van der Waals surface area contributed by atoms with Crippen molar-refractivity contribution >= 4 is 34.6 Å². The molecule has 0 aromatic heterocycles. The Morgan fingerprint density at radius 1 is 1.30 bits per heavy atom. The van der Waals surface area contributed by atoms with Crippen molar-refractivity contribution in [2.75, 3.05) is 13.1 Å². The number of benzene rings is 1. The van der Waals surface area contributed by atoms with Crippen molar-refractivity contribution in [3.63, 3.8) is 0 Å². The number of rotatable bonds is 2. The predicted molar refractivity (Wildman–Crippen MR) is 88.2 cm³/mol. The molecule has 1 saturated heterocycles. The molecule has 2 heterocycles. The van der Waals surface area contributed by atoms with Crippen LogP contribution in [0.3, 0.4) is 0 Å². The van der Waals surface area contributed by atoms with Crippen molar-refractivity contribution in [2.45, 2.75) is 19.3 Å². The van der Waals surface area contributed by atoms with Gasteiger partial charge in [-0.1, -0.05) is 0 Å². The maximum Gasteiger partial charge on any atom is 0.286 e. The first-order valence-corrected chi connectivity index (χ1v) is 8.11. The molecule has 7 nitrogen and oxygen atoms in total. The molecule has 2 aliphatic rings. The maximum absolute atomic E-state index is 12.1. The van der Waals surface area contributed by atoms with Crippen molar-refractivity contribution in [2.24, 2.45) is 4.99 Å². The number of carbonyl (C=O) groups is 1. The minimum absolute atomic E-state index is 0.0879. The van der Waals surface area contributed by atoms with Gasteiger partial charge >= 0.3 is 0 Å². The van der Waals surface area contributed by atoms with Gasteiger partial charge < -0.3 is 10.0 Å². The molecule has 1 fully saturated rings. The molecular formula is C15H15N3O4S. The van der Waals surface area contributed by atoms with E-state index in [0.29, 0.717) is 10.1 Å². The van der Waals surface area contributed by atoms with Crippen LogP contribution in [-0.2, 0) is 4.79 Å². The number of likely N-dealkylation sites (tertiary alicyclic amines) is 1. The van der Waals surface area contributed by atoms with Crippen LogP contribution < -0.4 is 0 Å². The Labute approximate surface area is 136 Å². The second-order valence-electron chi connectivity index (χ2n) is 5.36. The fourth-order valence-corrected chi connectivity index (χ4v) is 3.54. The van der Waals surface area contributed by atoms with Crippen LogP contribution in [0.2, 0.25) is 0 Å². The number of phenols is 1. The summed E-state index contributed by atoms with van der Waals surface area (Å²) in [5, 5.41) is 21.3. The summed E-state index contributed by atoms with van der Waals surface area (Å²) in [6.07, 6.45) is 4.75. The van der Waals surface area contributed by atoms with Gasteiger partial charge in [-0.2, -0.15) is 4.99 Å². The largest absolute Gasteiger partial charge is 0.508 e. The van der Waals surface area contributed by atoms with Crippen LogP contribution in [0.15, 0.2) is 28.1 Å². The van der Waals surface area contributed by atoms with Crippen LogP contribution in [0.1, 0.15) is 24.8 Å². The Hall–Kier alpha value is -2.35. The molecule has 0 unspecified atom stereocenters. The van der Waals surface area contributed by atoms with E-state index in [1.807, 2.05) is 0 Å². The van der Waals surface area contributed by atoms with Gasteiger partial charge in [0.05, 0.1) is 15.4 Å². The summed E-state index contributed by atoms with van der Waals surface area (Å²) in [6.45, 7) is 1.75. The highest BCUT2D eigenvalue weighted by atomic mass is 32.2. The minimum atomic E-state index is -0.539. The van der Waals surface area contributed by atoms with Gasteiger partial charge in [0.1, 0.15) is 5.75 Å². The van der Waals surface area contributed by atoms with Gasteiger partial charge in [-0.15, -0.1) is 0 Å². The monoisotopic (exact) mass is 333 g/mol. The number of thioether (sulfide) groups is 1. The average Bonchev–Trinajstić information content (AvgIpc) is 2.89. The number of amidine groups is 1. The number of phenolic OH excluding ortho intramolecular Hbond substituents is 1. The zero-order valence-corrected chi connectivity index (χ0v) is 13.1. The zero-order valence-electron chi connectivity index (χ0n) is 12.3. The van der Waals surface area contributed by atoms with E-state index in [1.165, 1.54) is 42.5 Å². The number of hydrogen-bond donors (Lipinski definition) is 1. The molecule has 3 rings (SSSR count). The molecule has 2 aliphatic heterocycles. The van der Waals surface area contributed by atoms with E-state index in [1.54, 1.807) is 0 Å². The molecule has 1 aromatic carbocycles. The number of carbonyl (C=O) groups excluding carboxylic acids is 1. The summed E-state index contributed by atoms with van der Waals surface area (Å²) < 4.78 is 0. The summed E-state index contributed by atoms with van der Waals surface area (Å²) in [5.41, 5.74) is 0.0380. The van der Waals surface area contributed by atoms with Gasteiger partial charge in [0, 0.05) is 19.2 Å².